The summed E-state index contributed by atoms with van der Waals surface area (Å²) in [5.74, 6) is -0.207. The standard InChI is InChI=1S/C12H13FN2OS/c1-8-2-3-11(13)9(4-8)5-14-6-10-7-17-12(16)15-10/h2-4,7,14H,5-6H2,1H3,(H,15,16). The average Bonchev–Trinajstić information content (AvgIpc) is 2.69. The number of halogens is 1. The summed E-state index contributed by atoms with van der Waals surface area (Å²) in [4.78, 5) is 13.5. The normalized spacial score (nSPS) is 10.7. The minimum Gasteiger partial charge on any atom is -0.315 e. The van der Waals surface area contributed by atoms with E-state index in [-0.39, 0.29) is 10.7 Å². The first-order chi connectivity index (χ1) is 8.15. The van der Waals surface area contributed by atoms with Crippen LogP contribution >= 0.6 is 11.3 Å². The Morgan fingerprint density at radius 2 is 2.24 bits per heavy atom. The van der Waals surface area contributed by atoms with E-state index >= 15 is 0 Å². The van der Waals surface area contributed by atoms with Crippen molar-refractivity contribution in [1.29, 1.82) is 0 Å². The maximum Gasteiger partial charge on any atom is 0.304 e. The highest BCUT2D eigenvalue weighted by Crippen LogP contribution is 2.09. The molecule has 2 N–H and O–H groups in total. The molecule has 90 valence electrons. The lowest BCUT2D eigenvalue weighted by Crippen LogP contribution is -2.14. The molecule has 2 aromatic rings. The summed E-state index contributed by atoms with van der Waals surface area (Å²) < 4.78 is 13.4. The van der Waals surface area contributed by atoms with Crippen LogP contribution in [0.5, 0.6) is 0 Å². The molecule has 0 bridgehead atoms. The lowest BCUT2D eigenvalue weighted by atomic mass is 10.1. The van der Waals surface area contributed by atoms with E-state index in [9.17, 15) is 9.18 Å². The number of thiazole rings is 1. The van der Waals surface area contributed by atoms with Crippen molar-refractivity contribution < 1.29 is 4.39 Å². The van der Waals surface area contributed by atoms with Crippen LogP contribution in [0.4, 0.5) is 4.39 Å². The highest BCUT2D eigenvalue weighted by molar-refractivity contribution is 7.07. The van der Waals surface area contributed by atoms with E-state index in [1.807, 2.05) is 13.0 Å². The topological polar surface area (TPSA) is 44.9 Å². The van der Waals surface area contributed by atoms with Crippen LogP contribution in [0, 0.1) is 12.7 Å². The Balaban J connectivity index is 1.94. The Morgan fingerprint density at radius 1 is 1.41 bits per heavy atom. The first-order valence-corrected chi connectivity index (χ1v) is 6.15. The third-order valence-corrected chi connectivity index (χ3v) is 3.12. The molecule has 0 aliphatic rings. The van der Waals surface area contributed by atoms with Gasteiger partial charge in [-0.15, -0.1) is 0 Å². The summed E-state index contributed by atoms with van der Waals surface area (Å²) in [5.41, 5.74) is 2.50. The molecule has 1 aromatic heterocycles. The molecule has 17 heavy (non-hydrogen) atoms. The van der Waals surface area contributed by atoms with Crippen LogP contribution in [0.1, 0.15) is 16.8 Å². The van der Waals surface area contributed by atoms with Crippen LogP contribution in [0.15, 0.2) is 28.4 Å². The molecule has 0 unspecified atom stereocenters. The van der Waals surface area contributed by atoms with Gasteiger partial charge in [-0.1, -0.05) is 29.0 Å². The predicted molar refractivity (Wildman–Crippen MR) is 66.6 cm³/mol. The van der Waals surface area contributed by atoms with E-state index in [0.29, 0.717) is 18.7 Å². The Bertz CT molecular complexity index is 562. The number of aromatic amines is 1. The molecule has 3 nitrogen and oxygen atoms in total. The fourth-order valence-corrected chi connectivity index (χ4v) is 2.15. The molecule has 0 spiro atoms. The predicted octanol–water partition coefficient (Wildman–Crippen LogP) is 2.17. The summed E-state index contributed by atoms with van der Waals surface area (Å²) in [5, 5.41) is 4.86. The van der Waals surface area contributed by atoms with Gasteiger partial charge in [-0.05, 0) is 13.0 Å². The zero-order chi connectivity index (χ0) is 12.3. The smallest absolute Gasteiger partial charge is 0.304 e. The summed E-state index contributed by atoms with van der Waals surface area (Å²) in [6, 6.07) is 5.03. The second kappa shape index (κ2) is 5.25. The number of hydrogen-bond donors (Lipinski definition) is 2. The van der Waals surface area contributed by atoms with Gasteiger partial charge in [0.25, 0.3) is 0 Å². The molecule has 0 amide bonds. The molecule has 0 aliphatic carbocycles. The highest BCUT2D eigenvalue weighted by atomic mass is 32.1. The van der Waals surface area contributed by atoms with E-state index in [4.69, 9.17) is 0 Å². The second-order valence-electron chi connectivity index (χ2n) is 3.87. The van der Waals surface area contributed by atoms with Crippen LogP contribution in [0.25, 0.3) is 0 Å². The van der Waals surface area contributed by atoms with Crippen LogP contribution in [-0.4, -0.2) is 4.98 Å². The monoisotopic (exact) mass is 252 g/mol. The molecular weight excluding hydrogens is 239 g/mol. The van der Waals surface area contributed by atoms with Crippen LogP contribution < -0.4 is 10.2 Å². The average molecular weight is 252 g/mol. The van der Waals surface area contributed by atoms with Gasteiger partial charge < -0.3 is 10.3 Å². The van der Waals surface area contributed by atoms with Crippen molar-refractivity contribution >= 4 is 11.3 Å². The molecule has 0 fully saturated rings. The molecule has 0 saturated carbocycles. The fraction of sp³-hybridized carbons (Fsp3) is 0.250. The van der Waals surface area contributed by atoms with Gasteiger partial charge in [-0.2, -0.15) is 0 Å². The van der Waals surface area contributed by atoms with Crippen molar-refractivity contribution in [2.45, 2.75) is 20.0 Å². The minimum absolute atomic E-state index is 0.0662. The third kappa shape index (κ3) is 3.25. The van der Waals surface area contributed by atoms with E-state index in [1.54, 1.807) is 11.4 Å². The highest BCUT2D eigenvalue weighted by Gasteiger charge is 2.02. The Hall–Kier alpha value is -1.46. The van der Waals surface area contributed by atoms with Gasteiger partial charge in [0.05, 0.1) is 0 Å². The molecule has 2 rings (SSSR count). The number of aromatic nitrogens is 1. The van der Waals surface area contributed by atoms with Gasteiger partial charge in [-0.3, -0.25) is 4.79 Å². The molecular formula is C12H13FN2OS. The zero-order valence-electron chi connectivity index (χ0n) is 9.42. The molecule has 1 aromatic carbocycles. The summed E-state index contributed by atoms with van der Waals surface area (Å²) >= 11 is 1.13. The third-order valence-electron chi connectivity index (χ3n) is 2.40. The Labute approximate surface area is 102 Å². The van der Waals surface area contributed by atoms with Gasteiger partial charge in [0.1, 0.15) is 5.82 Å². The molecule has 1 heterocycles. The summed E-state index contributed by atoms with van der Waals surface area (Å²) in [6.45, 7) is 2.91. The second-order valence-corrected chi connectivity index (χ2v) is 4.71. The van der Waals surface area contributed by atoms with Crippen LogP contribution in [0.3, 0.4) is 0 Å². The lowest BCUT2D eigenvalue weighted by Gasteiger charge is -2.05. The maximum absolute atomic E-state index is 13.4. The molecule has 0 radical (unpaired) electrons. The number of hydrogen-bond acceptors (Lipinski definition) is 3. The number of H-pyrrole nitrogens is 1. The van der Waals surface area contributed by atoms with Gasteiger partial charge in [0.2, 0.25) is 0 Å². The molecule has 0 atom stereocenters. The van der Waals surface area contributed by atoms with Crippen LogP contribution in [0.2, 0.25) is 0 Å². The number of benzene rings is 1. The Morgan fingerprint density at radius 3 is 2.94 bits per heavy atom. The fourth-order valence-electron chi connectivity index (χ4n) is 1.57. The first-order valence-electron chi connectivity index (χ1n) is 5.27. The van der Waals surface area contributed by atoms with Gasteiger partial charge >= 0.3 is 4.87 Å². The van der Waals surface area contributed by atoms with E-state index in [2.05, 4.69) is 10.3 Å². The number of aryl methyl sites for hydroxylation is 1. The minimum atomic E-state index is -0.207. The van der Waals surface area contributed by atoms with Gasteiger partial charge in [0.15, 0.2) is 0 Å². The van der Waals surface area contributed by atoms with E-state index in [1.165, 1.54) is 6.07 Å². The largest absolute Gasteiger partial charge is 0.315 e. The Kier molecular flexibility index (Phi) is 3.71. The first kappa shape index (κ1) is 12.0. The van der Waals surface area contributed by atoms with Crippen molar-refractivity contribution in [3.05, 3.63) is 55.9 Å². The summed E-state index contributed by atoms with van der Waals surface area (Å²) in [6.07, 6.45) is 0. The quantitative estimate of drug-likeness (QED) is 0.876. The van der Waals surface area contributed by atoms with Crippen molar-refractivity contribution in [3.8, 4) is 0 Å². The van der Waals surface area contributed by atoms with Crippen molar-refractivity contribution in [2.24, 2.45) is 0 Å². The molecule has 5 heteroatoms. The van der Waals surface area contributed by atoms with E-state index < -0.39 is 0 Å². The molecule has 0 saturated heterocycles. The lowest BCUT2D eigenvalue weighted by molar-refractivity contribution is 0.585. The van der Waals surface area contributed by atoms with Gasteiger partial charge in [-0.25, -0.2) is 4.39 Å². The van der Waals surface area contributed by atoms with E-state index in [0.717, 1.165) is 22.6 Å². The zero-order valence-corrected chi connectivity index (χ0v) is 10.2. The molecule has 0 aliphatic heterocycles. The number of nitrogens with one attached hydrogen (secondary N) is 2. The maximum atomic E-state index is 13.4. The summed E-state index contributed by atoms with van der Waals surface area (Å²) in [7, 11) is 0. The number of rotatable bonds is 4. The SMILES string of the molecule is Cc1ccc(F)c(CNCc2csc(=O)[nH]2)c1. The van der Waals surface area contributed by atoms with Crippen LogP contribution in [-0.2, 0) is 13.1 Å². The van der Waals surface area contributed by atoms with Crippen molar-refractivity contribution in [2.75, 3.05) is 0 Å². The van der Waals surface area contributed by atoms with Gasteiger partial charge in [0, 0.05) is 29.7 Å². The van der Waals surface area contributed by atoms with Crippen molar-refractivity contribution in [1.82, 2.24) is 10.3 Å². The van der Waals surface area contributed by atoms with Crippen molar-refractivity contribution in [3.63, 3.8) is 0 Å².